The van der Waals surface area contributed by atoms with Gasteiger partial charge in [0.05, 0.1) is 6.54 Å². The number of hydrogen-bond acceptors (Lipinski definition) is 4. The van der Waals surface area contributed by atoms with E-state index < -0.39 is 17.7 Å². The van der Waals surface area contributed by atoms with E-state index in [1.54, 1.807) is 11.1 Å². The van der Waals surface area contributed by atoms with Gasteiger partial charge in [0.1, 0.15) is 11.4 Å². The van der Waals surface area contributed by atoms with Crippen molar-refractivity contribution >= 4 is 5.97 Å². The SMILES string of the molecule is O=C(O)C(F)C1(O)CN(Cc2nccn2C2CC2)C1. The Labute approximate surface area is 109 Å². The molecule has 0 bridgehead atoms. The topological polar surface area (TPSA) is 78.6 Å². The largest absolute Gasteiger partial charge is 0.479 e. The number of rotatable bonds is 5. The molecule has 1 saturated carbocycles. The summed E-state index contributed by atoms with van der Waals surface area (Å²) in [5, 5.41) is 18.4. The van der Waals surface area contributed by atoms with E-state index in [0.717, 1.165) is 18.7 Å². The molecule has 2 N–H and O–H groups in total. The monoisotopic (exact) mass is 269 g/mol. The fourth-order valence-electron chi connectivity index (χ4n) is 2.58. The molecule has 1 aromatic heterocycles. The summed E-state index contributed by atoms with van der Waals surface area (Å²) >= 11 is 0. The summed E-state index contributed by atoms with van der Waals surface area (Å²) in [7, 11) is 0. The highest BCUT2D eigenvalue weighted by Gasteiger charge is 2.51. The number of imidazole rings is 1. The van der Waals surface area contributed by atoms with Crippen molar-refractivity contribution in [1.29, 1.82) is 0 Å². The van der Waals surface area contributed by atoms with Crippen LogP contribution in [-0.4, -0.2) is 55.5 Å². The molecule has 0 amide bonds. The summed E-state index contributed by atoms with van der Waals surface area (Å²) in [6.07, 6.45) is 3.73. The lowest BCUT2D eigenvalue weighted by molar-refractivity contribution is -0.176. The highest BCUT2D eigenvalue weighted by atomic mass is 19.1. The van der Waals surface area contributed by atoms with Crippen LogP contribution in [0.4, 0.5) is 4.39 Å². The second-order valence-electron chi connectivity index (χ2n) is 5.43. The Morgan fingerprint density at radius 2 is 2.26 bits per heavy atom. The molecule has 6 nitrogen and oxygen atoms in total. The van der Waals surface area contributed by atoms with Crippen LogP contribution in [-0.2, 0) is 11.3 Å². The van der Waals surface area contributed by atoms with E-state index in [1.807, 2.05) is 6.20 Å². The van der Waals surface area contributed by atoms with Crippen LogP contribution >= 0.6 is 0 Å². The summed E-state index contributed by atoms with van der Waals surface area (Å²) in [6.45, 7) is 0.564. The molecule has 1 unspecified atom stereocenters. The van der Waals surface area contributed by atoms with E-state index in [9.17, 15) is 14.3 Å². The molecule has 0 aromatic carbocycles. The average Bonchev–Trinajstić information content (AvgIpc) is 3.07. The van der Waals surface area contributed by atoms with E-state index in [4.69, 9.17) is 5.11 Å². The van der Waals surface area contributed by atoms with Crippen LogP contribution in [0.3, 0.4) is 0 Å². The van der Waals surface area contributed by atoms with Crippen molar-refractivity contribution in [2.45, 2.75) is 37.2 Å². The molecular weight excluding hydrogens is 253 g/mol. The molecule has 7 heteroatoms. The van der Waals surface area contributed by atoms with Crippen LogP contribution < -0.4 is 0 Å². The first kappa shape index (κ1) is 12.6. The normalized spacial score (nSPS) is 23.9. The van der Waals surface area contributed by atoms with Crippen molar-refractivity contribution in [1.82, 2.24) is 14.5 Å². The Hall–Kier alpha value is -1.47. The highest BCUT2D eigenvalue weighted by Crippen LogP contribution is 2.36. The fourth-order valence-corrected chi connectivity index (χ4v) is 2.58. The summed E-state index contributed by atoms with van der Waals surface area (Å²) < 4.78 is 15.4. The standard InChI is InChI=1S/C12H16FN3O3/c13-10(11(17)18)12(19)6-15(7-12)5-9-14-3-4-16(9)8-1-2-8/h3-4,8,10,19H,1-2,5-7H2,(H,17,18). The Balaban J connectivity index is 1.59. The second kappa shape index (κ2) is 4.28. The maximum absolute atomic E-state index is 13.3. The average molecular weight is 269 g/mol. The number of carbonyl (C=O) groups is 1. The van der Waals surface area contributed by atoms with Crippen LogP contribution in [0.5, 0.6) is 0 Å². The number of carboxylic acids is 1. The summed E-state index contributed by atoms with van der Waals surface area (Å²) in [5.74, 6) is -0.725. The van der Waals surface area contributed by atoms with Crippen molar-refractivity contribution in [3.63, 3.8) is 0 Å². The van der Waals surface area contributed by atoms with Gasteiger partial charge in [-0.15, -0.1) is 0 Å². The molecule has 2 fully saturated rings. The number of hydrogen-bond donors (Lipinski definition) is 2. The lowest BCUT2D eigenvalue weighted by Crippen LogP contribution is -2.67. The number of halogens is 1. The third kappa shape index (κ3) is 2.23. The van der Waals surface area contributed by atoms with Crippen LogP contribution in [0, 0.1) is 0 Å². The van der Waals surface area contributed by atoms with Gasteiger partial charge in [-0.05, 0) is 12.8 Å². The number of carboxylic acid groups (broad SMARTS) is 1. The first-order valence-electron chi connectivity index (χ1n) is 6.33. The van der Waals surface area contributed by atoms with Crippen LogP contribution in [0.25, 0.3) is 0 Å². The number of β-amino-alcohol motifs (C(OH)–C–C–N with tert-alkyl or cyclic N) is 1. The van der Waals surface area contributed by atoms with Gasteiger partial charge in [0.25, 0.3) is 0 Å². The van der Waals surface area contributed by atoms with Gasteiger partial charge in [0, 0.05) is 31.5 Å². The van der Waals surface area contributed by atoms with Gasteiger partial charge >= 0.3 is 5.97 Å². The lowest BCUT2D eigenvalue weighted by atomic mass is 9.89. The molecule has 104 valence electrons. The van der Waals surface area contributed by atoms with Gasteiger partial charge in [-0.1, -0.05) is 0 Å². The van der Waals surface area contributed by atoms with Crippen molar-refractivity contribution in [2.24, 2.45) is 0 Å². The van der Waals surface area contributed by atoms with Crippen molar-refractivity contribution in [3.05, 3.63) is 18.2 Å². The van der Waals surface area contributed by atoms with E-state index in [-0.39, 0.29) is 13.1 Å². The first-order valence-corrected chi connectivity index (χ1v) is 6.33. The highest BCUT2D eigenvalue weighted by molar-refractivity contribution is 5.74. The second-order valence-corrected chi connectivity index (χ2v) is 5.43. The summed E-state index contributed by atoms with van der Waals surface area (Å²) in [5.41, 5.74) is -1.76. The van der Waals surface area contributed by atoms with Gasteiger partial charge in [-0.25, -0.2) is 14.2 Å². The van der Waals surface area contributed by atoms with E-state index in [1.165, 1.54) is 0 Å². The van der Waals surface area contributed by atoms with E-state index in [2.05, 4.69) is 9.55 Å². The number of alkyl halides is 1. The Morgan fingerprint density at radius 1 is 1.58 bits per heavy atom. The zero-order valence-electron chi connectivity index (χ0n) is 10.4. The molecule has 2 aliphatic rings. The Kier molecular flexibility index (Phi) is 2.83. The van der Waals surface area contributed by atoms with Gasteiger partial charge < -0.3 is 14.8 Å². The minimum Gasteiger partial charge on any atom is -0.479 e. The third-order valence-corrected chi connectivity index (χ3v) is 3.74. The fraction of sp³-hybridized carbons (Fsp3) is 0.667. The molecule has 0 spiro atoms. The van der Waals surface area contributed by atoms with Crippen LogP contribution in [0.1, 0.15) is 24.7 Å². The van der Waals surface area contributed by atoms with Gasteiger partial charge in [-0.2, -0.15) is 0 Å². The number of nitrogens with zero attached hydrogens (tertiary/aromatic N) is 3. The quantitative estimate of drug-likeness (QED) is 0.797. The minimum absolute atomic E-state index is 0.0258. The minimum atomic E-state index is -2.23. The van der Waals surface area contributed by atoms with Gasteiger partial charge in [0.15, 0.2) is 0 Å². The number of likely N-dealkylation sites (tertiary alicyclic amines) is 1. The third-order valence-electron chi connectivity index (χ3n) is 3.74. The van der Waals surface area contributed by atoms with E-state index >= 15 is 0 Å². The van der Waals surface area contributed by atoms with Crippen molar-refractivity contribution in [3.8, 4) is 0 Å². The number of aliphatic hydroxyl groups is 1. The molecule has 3 rings (SSSR count). The Morgan fingerprint density at radius 3 is 2.84 bits per heavy atom. The number of aromatic nitrogens is 2. The predicted molar refractivity (Wildman–Crippen MR) is 63.3 cm³/mol. The zero-order chi connectivity index (χ0) is 13.6. The summed E-state index contributed by atoms with van der Waals surface area (Å²) in [4.78, 5) is 16.6. The zero-order valence-corrected chi connectivity index (χ0v) is 10.4. The van der Waals surface area contributed by atoms with Crippen molar-refractivity contribution in [2.75, 3.05) is 13.1 Å². The molecule has 1 atom stereocenters. The lowest BCUT2D eigenvalue weighted by Gasteiger charge is -2.46. The van der Waals surface area contributed by atoms with Crippen LogP contribution in [0.15, 0.2) is 12.4 Å². The molecular formula is C12H16FN3O3. The molecule has 1 aliphatic heterocycles. The predicted octanol–water partition coefficient (Wildman–Crippen LogP) is 0.187. The van der Waals surface area contributed by atoms with Gasteiger partial charge in [0.2, 0.25) is 6.17 Å². The smallest absolute Gasteiger partial charge is 0.341 e. The number of aliphatic carboxylic acids is 1. The van der Waals surface area contributed by atoms with Gasteiger partial charge in [-0.3, -0.25) is 4.90 Å². The molecule has 1 aromatic rings. The molecule has 19 heavy (non-hydrogen) atoms. The maximum Gasteiger partial charge on any atom is 0.341 e. The first-order chi connectivity index (χ1) is 8.99. The molecule has 1 saturated heterocycles. The maximum atomic E-state index is 13.3. The molecule has 2 heterocycles. The van der Waals surface area contributed by atoms with Crippen molar-refractivity contribution < 1.29 is 19.4 Å². The van der Waals surface area contributed by atoms with Crippen LogP contribution in [0.2, 0.25) is 0 Å². The summed E-state index contributed by atoms with van der Waals surface area (Å²) in [6, 6.07) is 0.519. The van der Waals surface area contributed by atoms with E-state index in [0.29, 0.717) is 12.6 Å². The molecule has 1 aliphatic carbocycles. The Bertz CT molecular complexity index is 494. The molecule has 0 radical (unpaired) electrons.